The summed E-state index contributed by atoms with van der Waals surface area (Å²) in [7, 11) is 3.21. The highest BCUT2D eigenvalue weighted by Crippen LogP contribution is 2.31. The van der Waals surface area contributed by atoms with Crippen LogP contribution in [0.25, 0.3) is 11.2 Å². The van der Waals surface area contributed by atoms with Crippen molar-refractivity contribution in [2.75, 3.05) is 0 Å². The van der Waals surface area contributed by atoms with Crippen molar-refractivity contribution in [1.29, 1.82) is 0 Å². The van der Waals surface area contributed by atoms with Gasteiger partial charge in [-0.05, 0) is 35.9 Å². The summed E-state index contributed by atoms with van der Waals surface area (Å²) in [4.78, 5) is 30.3. The number of hydrogen-bond donors (Lipinski definition) is 0. The fraction of sp³-hybridized carbons (Fsp3) is 0.150. The van der Waals surface area contributed by atoms with Crippen LogP contribution >= 0.6 is 39.1 Å². The molecular formula is C20H15BrCl2N4O3. The molecule has 0 saturated heterocycles. The van der Waals surface area contributed by atoms with E-state index in [1.54, 1.807) is 32.3 Å². The lowest BCUT2D eigenvalue weighted by molar-refractivity contribution is 0.427. The summed E-state index contributed by atoms with van der Waals surface area (Å²) in [6.07, 6.45) is 0. The molecule has 0 aliphatic rings. The zero-order valence-electron chi connectivity index (χ0n) is 15.9. The Kier molecular flexibility index (Phi) is 5.48. The number of halogens is 3. The molecule has 2 aromatic carbocycles. The average Bonchev–Trinajstić information content (AvgIpc) is 3.03. The van der Waals surface area contributed by atoms with Gasteiger partial charge in [-0.25, -0.2) is 4.79 Å². The van der Waals surface area contributed by atoms with Crippen molar-refractivity contribution in [2.45, 2.75) is 6.54 Å². The van der Waals surface area contributed by atoms with Gasteiger partial charge in [-0.2, -0.15) is 4.98 Å². The zero-order chi connectivity index (χ0) is 21.6. The second-order valence-corrected chi connectivity index (χ2v) is 8.42. The number of benzene rings is 2. The largest absolute Gasteiger partial charge is 0.424 e. The first-order valence-corrected chi connectivity index (χ1v) is 10.3. The summed E-state index contributed by atoms with van der Waals surface area (Å²) in [5.74, 6) is 0.333. The molecule has 0 N–H and O–H groups in total. The van der Waals surface area contributed by atoms with E-state index in [1.165, 1.54) is 13.7 Å². The minimum absolute atomic E-state index is 0.128. The Morgan fingerprint density at radius 3 is 2.40 bits per heavy atom. The van der Waals surface area contributed by atoms with Gasteiger partial charge in [0.1, 0.15) is 5.75 Å². The fourth-order valence-electron chi connectivity index (χ4n) is 3.08. The Balaban J connectivity index is 1.83. The summed E-state index contributed by atoms with van der Waals surface area (Å²) in [6.45, 7) is 0.138. The molecule has 2 aromatic heterocycles. The molecule has 0 fully saturated rings. The fourth-order valence-corrected chi connectivity index (χ4v) is 3.79. The Morgan fingerprint density at radius 1 is 1.03 bits per heavy atom. The molecule has 4 aromatic rings. The molecule has 0 aliphatic heterocycles. The van der Waals surface area contributed by atoms with Gasteiger partial charge in [0.05, 0.1) is 11.6 Å². The molecule has 154 valence electrons. The second-order valence-electron chi connectivity index (χ2n) is 6.66. The van der Waals surface area contributed by atoms with Gasteiger partial charge in [-0.3, -0.25) is 18.5 Å². The van der Waals surface area contributed by atoms with Crippen molar-refractivity contribution < 1.29 is 4.74 Å². The predicted molar refractivity (Wildman–Crippen MR) is 120 cm³/mol. The van der Waals surface area contributed by atoms with Crippen LogP contribution in [-0.4, -0.2) is 18.7 Å². The summed E-state index contributed by atoms with van der Waals surface area (Å²) in [5.41, 5.74) is 0.366. The first-order valence-electron chi connectivity index (χ1n) is 8.80. The van der Waals surface area contributed by atoms with Crippen LogP contribution in [0.2, 0.25) is 10.0 Å². The number of aromatic nitrogens is 4. The molecule has 0 aliphatic carbocycles. The average molecular weight is 510 g/mol. The monoisotopic (exact) mass is 508 g/mol. The van der Waals surface area contributed by atoms with E-state index in [2.05, 4.69) is 20.9 Å². The predicted octanol–water partition coefficient (Wildman–Crippen LogP) is 4.34. The third-order valence-corrected chi connectivity index (χ3v) is 5.73. The van der Waals surface area contributed by atoms with Crippen LogP contribution in [-0.2, 0) is 20.6 Å². The van der Waals surface area contributed by atoms with Gasteiger partial charge in [0.25, 0.3) is 5.56 Å². The number of imidazole rings is 1. The first kappa shape index (κ1) is 20.7. The second kappa shape index (κ2) is 7.94. The highest BCUT2D eigenvalue weighted by Gasteiger charge is 2.20. The number of aryl methyl sites for hydroxylation is 2. The lowest BCUT2D eigenvalue weighted by Gasteiger charge is -2.09. The Labute approximate surface area is 189 Å². The van der Waals surface area contributed by atoms with Crippen molar-refractivity contribution in [1.82, 2.24) is 18.7 Å². The molecule has 0 spiro atoms. The van der Waals surface area contributed by atoms with E-state index in [4.69, 9.17) is 27.9 Å². The van der Waals surface area contributed by atoms with E-state index >= 15 is 0 Å². The van der Waals surface area contributed by atoms with E-state index in [-0.39, 0.29) is 23.7 Å². The van der Waals surface area contributed by atoms with Crippen molar-refractivity contribution in [2.24, 2.45) is 14.1 Å². The van der Waals surface area contributed by atoms with Gasteiger partial charge in [0.15, 0.2) is 11.2 Å². The van der Waals surface area contributed by atoms with Crippen LogP contribution in [0.4, 0.5) is 0 Å². The van der Waals surface area contributed by atoms with E-state index in [0.29, 0.717) is 15.8 Å². The van der Waals surface area contributed by atoms with E-state index in [0.717, 1.165) is 10.0 Å². The molecule has 2 heterocycles. The molecule has 0 saturated carbocycles. The Bertz CT molecular complexity index is 1390. The van der Waals surface area contributed by atoms with Gasteiger partial charge in [0.2, 0.25) is 0 Å². The maximum atomic E-state index is 13.2. The normalized spacial score (nSPS) is 11.2. The molecule has 4 rings (SSSR count). The van der Waals surface area contributed by atoms with Gasteiger partial charge in [-0.1, -0.05) is 51.3 Å². The minimum atomic E-state index is -0.468. The molecule has 0 bridgehead atoms. The number of fused-ring (bicyclic) bond motifs is 1. The first-order chi connectivity index (χ1) is 14.3. The standard InChI is InChI=1S/C20H15BrCl2N4O3/c1-25-16-17(24-19(25)30-15-8-7-13(22)9-14(15)23)26(2)20(29)27(18(16)28)10-11-3-5-12(21)6-4-11/h3-9H,10H2,1-2H3. The van der Waals surface area contributed by atoms with Crippen LogP contribution in [0.1, 0.15) is 5.56 Å². The zero-order valence-corrected chi connectivity index (χ0v) is 19.0. The maximum Gasteiger partial charge on any atom is 0.332 e. The third kappa shape index (κ3) is 3.66. The SMILES string of the molecule is Cn1c(Oc2ccc(Cl)cc2Cl)nc2c1c(=O)n(Cc1ccc(Br)cc1)c(=O)n2C. The Hall–Kier alpha value is -2.55. The smallest absolute Gasteiger partial charge is 0.332 e. The third-order valence-electron chi connectivity index (χ3n) is 4.67. The van der Waals surface area contributed by atoms with Crippen molar-refractivity contribution in [3.63, 3.8) is 0 Å². The molecule has 0 unspecified atom stereocenters. The molecule has 30 heavy (non-hydrogen) atoms. The number of rotatable bonds is 4. The molecule has 0 amide bonds. The van der Waals surface area contributed by atoms with Crippen LogP contribution in [0, 0.1) is 0 Å². The van der Waals surface area contributed by atoms with Gasteiger partial charge < -0.3 is 4.74 Å². The van der Waals surface area contributed by atoms with Gasteiger partial charge >= 0.3 is 11.7 Å². The lowest BCUT2D eigenvalue weighted by atomic mass is 10.2. The van der Waals surface area contributed by atoms with Gasteiger partial charge in [0, 0.05) is 23.6 Å². The summed E-state index contributed by atoms with van der Waals surface area (Å²) < 4.78 is 10.7. The summed E-state index contributed by atoms with van der Waals surface area (Å²) >= 11 is 15.5. The van der Waals surface area contributed by atoms with Crippen LogP contribution < -0.4 is 16.0 Å². The van der Waals surface area contributed by atoms with Crippen molar-refractivity contribution >= 4 is 50.3 Å². The van der Waals surface area contributed by atoms with Crippen LogP contribution in [0.15, 0.2) is 56.5 Å². The maximum absolute atomic E-state index is 13.2. The van der Waals surface area contributed by atoms with Crippen molar-refractivity contribution in [3.8, 4) is 11.8 Å². The molecular weight excluding hydrogens is 495 g/mol. The minimum Gasteiger partial charge on any atom is -0.424 e. The van der Waals surface area contributed by atoms with E-state index in [9.17, 15) is 9.59 Å². The molecule has 0 atom stereocenters. The van der Waals surface area contributed by atoms with Crippen molar-refractivity contribution in [3.05, 3.63) is 83.4 Å². The van der Waals surface area contributed by atoms with Crippen LogP contribution in [0.5, 0.6) is 11.8 Å². The lowest BCUT2D eigenvalue weighted by Crippen LogP contribution is -2.39. The molecule has 7 nitrogen and oxygen atoms in total. The quantitative estimate of drug-likeness (QED) is 0.410. The van der Waals surface area contributed by atoms with E-state index in [1.807, 2.05) is 24.3 Å². The highest BCUT2D eigenvalue weighted by atomic mass is 79.9. The molecule has 0 radical (unpaired) electrons. The van der Waals surface area contributed by atoms with Gasteiger partial charge in [-0.15, -0.1) is 0 Å². The Morgan fingerprint density at radius 2 is 1.73 bits per heavy atom. The summed E-state index contributed by atoms with van der Waals surface area (Å²) in [5, 5.41) is 0.770. The van der Waals surface area contributed by atoms with E-state index < -0.39 is 11.2 Å². The topological polar surface area (TPSA) is 71.1 Å². The highest BCUT2D eigenvalue weighted by molar-refractivity contribution is 9.10. The van der Waals surface area contributed by atoms with Crippen LogP contribution in [0.3, 0.4) is 0 Å². The number of nitrogens with zero attached hydrogens (tertiary/aromatic N) is 4. The summed E-state index contributed by atoms with van der Waals surface area (Å²) in [6, 6.07) is 12.3. The number of hydrogen-bond acceptors (Lipinski definition) is 4. The molecule has 10 heteroatoms. The number of ether oxygens (including phenoxy) is 1.